The molecule has 1 aliphatic heterocycles. The van der Waals surface area contributed by atoms with Gasteiger partial charge in [-0.25, -0.2) is 0 Å². The number of rotatable bonds is 5. The number of ether oxygens (including phenoxy) is 1. The summed E-state index contributed by atoms with van der Waals surface area (Å²) in [6.07, 6.45) is 2.17. The Morgan fingerprint density at radius 2 is 2.04 bits per heavy atom. The average Bonchev–Trinajstić information content (AvgIpc) is 2.68. The largest absolute Gasteiger partial charge is 0.495 e. The van der Waals surface area contributed by atoms with Crippen molar-refractivity contribution < 1.29 is 19.2 Å². The molecule has 2 aromatic carbocycles. The molecule has 0 spiro atoms. The van der Waals surface area contributed by atoms with Crippen LogP contribution in [0.15, 0.2) is 36.4 Å². The first-order valence-corrected chi connectivity index (χ1v) is 9.02. The first-order valence-electron chi connectivity index (χ1n) is 8.64. The number of hydrogen-bond donors (Lipinski definition) is 1. The number of benzene rings is 2. The van der Waals surface area contributed by atoms with Gasteiger partial charge in [-0.3, -0.25) is 19.7 Å². The number of nitro groups is 1. The molecule has 0 saturated carbocycles. The van der Waals surface area contributed by atoms with Crippen LogP contribution in [-0.4, -0.2) is 30.4 Å². The van der Waals surface area contributed by atoms with E-state index in [1.54, 1.807) is 23.1 Å². The van der Waals surface area contributed by atoms with E-state index in [1.165, 1.54) is 19.2 Å². The second-order valence-corrected chi connectivity index (χ2v) is 6.70. The first-order chi connectivity index (χ1) is 13.4. The van der Waals surface area contributed by atoms with Gasteiger partial charge >= 0.3 is 0 Å². The number of nitrogens with one attached hydrogen (secondary N) is 1. The molecule has 0 aromatic heterocycles. The summed E-state index contributed by atoms with van der Waals surface area (Å²) in [5.41, 5.74) is 0.449. The molecule has 1 heterocycles. The number of carbonyl (C=O) groups is 2. The molecule has 8 nitrogen and oxygen atoms in total. The molecule has 2 aromatic rings. The maximum absolute atomic E-state index is 12.6. The van der Waals surface area contributed by atoms with Crippen LogP contribution >= 0.6 is 11.6 Å². The fourth-order valence-corrected chi connectivity index (χ4v) is 3.25. The van der Waals surface area contributed by atoms with Gasteiger partial charge in [0.05, 0.1) is 17.7 Å². The predicted molar refractivity (Wildman–Crippen MR) is 105 cm³/mol. The van der Waals surface area contributed by atoms with Crippen molar-refractivity contribution in [1.82, 2.24) is 0 Å². The van der Waals surface area contributed by atoms with Crippen molar-refractivity contribution in [3.63, 3.8) is 0 Å². The smallest absolute Gasteiger partial charge is 0.283 e. The molecule has 0 bridgehead atoms. The number of methoxy groups -OCH3 is 1. The Morgan fingerprint density at radius 3 is 2.71 bits per heavy atom. The minimum Gasteiger partial charge on any atom is -0.495 e. The zero-order chi connectivity index (χ0) is 20.3. The summed E-state index contributed by atoms with van der Waals surface area (Å²) in [5.74, 6) is -0.156. The van der Waals surface area contributed by atoms with E-state index in [4.69, 9.17) is 16.3 Å². The average molecular weight is 404 g/mol. The Morgan fingerprint density at radius 1 is 1.25 bits per heavy atom. The third-order valence-corrected chi connectivity index (χ3v) is 4.69. The Balaban J connectivity index is 1.91. The highest BCUT2D eigenvalue weighted by Gasteiger charge is 2.24. The molecule has 1 aliphatic rings. The lowest BCUT2D eigenvalue weighted by atomic mass is 10.1. The van der Waals surface area contributed by atoms with Crippen molar-refractivity contribution >= 4 is 40.5 Å². The summed E-state index contributed by atoms with van der Waals surface area (Å²) in [7, 11) is 1.50. The fraction of sp³-hybridized carbons (Fsp3) is 0.263. The molecule has 0 radical (unpaired) electrons. The van der Waals surface area contributed by atoms with Crippen LogP contribution in [-0.2, 0) is 4.79 Å². The summed E-state index contributed by atoms with van der Waals surface area (Å²) in [5, 5.41) is 14.0. The Labute approximate surface area is 166 Å². The van der Waals surface area contributed by atoms with Gasteiger partial charge in [0.2, 0.25) is 5.91 Å². The molecule has 0 aliphatic carbocycles. The predicted octanol–water partition coefficient (Wildman–Crippen LogP) is 4.03. The quantitative estimate of drug-likeness (QED) is 0.600. The van der Waals surface area contributed by atoms with E-state index in [2.05, 4.69) is 5.32 Å². The van der Waals surface area contributed by atoms with Crippen LogP contribution in [0, 0.1) is 10.1 Å². The van der Waals surface area contributed by atoms with Gasteiger partial charge < -0.3 is 15.0 Å². The molecule has 1 saturated heterocycles. The van der Waals surface area contributed by atoms with Crippen molar-refractivity contribution in [2.45, 2.75) is 19.3 Å². The van der Waals surface area contributed by atoms with Crippen LogP contribution in [0.2, 0.25) is 5.02 Å². The number of amides is 2. The van der Waals surface area contributed by atoms with Crippen molar-refractivity contribution in [2.75, 3.05) is 23.9 Å². The van der Waals surface area contributed by atoms with E-state index < -0.39 is 10.8 Å². The standard InChI is InChI=1S/C19H18ClN3O5/c1-28-17-8-6-13(11-16(17)22-9-3-2-4-18(22)24)21-19(25)14-7-5-12(20)10-15(14)23(26)27/h5-8,10-11H,2-4,9H2,1H3,(H,21,25). The SMILES string of the molecule is COc1ccc(NC(=O)c2ccc(Cl)cc2[N+](=O)[O-])cc1N1CCCCC1=O. The van der Waals surface area contributed by atoms with Gasteiger partial charge in [-0.05, 0) is 43.2 Å². The van der Waals surface area contributed by atoms with E-state index in [0.29, 0.717) is 30.1 Å². The van der Waals surface area contributed by atoms with Gasteiger partial charge in [0.25, 0.3) is 11.6 Å². The van der Waals surface area contributed by atoms with Crippen LogP contribution in [0.5, 0.6) is 5.75 Å². The van der Waals surface area contributed by atoms with E-state index >= 15 is 0 Å². The topological polar surface area (TPSA) is 102 Å². The summed E-state index contributed by atoms with van der Waals surface area (Å²) in [6.45, 7) is 0.565. The molecule has 9 heteroatoms. The number of carbonyl (C=O) groups excluding carboxylic acids is 2. The van der Waals surface area contributed by atoms with Crippen LogP contribution in [0.1, 0.15) is 29.6 Å². The highest BCUT2D eigenvalue weighted by Crippen LogP contribution is 2.34. The molecular weight excluding hydrogens is 386 g/mol. The normalized spacial score (nSPS) is 13.9. The maximum Gasteiger partial charge on any atom is 0.283 e. The third kappa shape index (κ3) is 4.07. The number of anilines is 2. The van der Waals surface area contributed by atoms with Crippen LogP contribution < -0.4 is 15.0 Å². The Bertz CT molecular complexity index is 947. The number of halogens is 1. The summed E-state index contributed by atoms with van der Waals surface area (Å²) < 4.78 is 5.34. The summed E-state index contributed by atoms with van der Waals surface area (Å²) in [4.78, 5) is 37.0. The molecule has 146 valence electrons. The van der Waals surface area contributed by atoms with Gasteiger partial charge in [-0.2, -0.15) is 0 Å². The lowest BCUT2D eigenvalue weighted by molar-refractivity contribution is -0.385. The molecule has 2 amide bonds. The fourth-order valence-electron chi connectivity index (χ4n) is 3.09. The zero-order valence-corrected chi connectivity index (χ0v) is 15.9. The summed E-state index contributed by atoms with van der Waals surface area (Å²) in [6, 6.07) is 8.72. The van der Waals surface area contributed by atoms with Crippen LogP contribution in [0.4, 0.5) is 17.1 Å². The second-order valence-electron chi connectivity index (χ2n) is 6.26. The maximum atomic E-state index is 12.6. The van der Waals surface area contributed by atoms with Crippen LogP contribution in [0.3, 0.4) is 0 Å². The number of nitrogens with zero attached hydrogens (tertiary/aromatic N) is 2. The van der Waals surface area contributed by atoms with E-state index in [1.807, 2.05) is 0 Å². The van der Waals surface area contributed by atoms with Crippen molar-refractivity contribution in [1.29, 1.82) is 0 Å². The lowest BCUT2D eigenvalue weighted by Crippen LogP contribution is -2.35. The van der Waals surface area contributed by atoms with Crippen LogP contribution in [0.25, 0.3) is 0 Å². The van der Waals surface area contributed by atoms with Crippen molar-refractivity contribution in [2.24, 2.45) is 0 Å². The highest BCUT2D eigenvalue weighted by atomic mass is 35.5. The molecular formula is C19H18ClN3O5. The highest BCUT2D eigenvalue weighted by molar-refractivity contribution is 6.31. The summed E-state index contributed by atoms with van der Waals surface area (Å²) >= 11 is 5.79. The lowest BCUT2D eigenvalue weighted by Gasteiger charge is -2.28. The van der Waals surface area contributed by atoms with Gasteiger partial charge in [0, 0.05) is 29.7 Å². The molecule has 1 N–H and O–H groups in total. The van der Waals surface area contributed by atoms with Gasteiger partial charge in [-0.1, -0.05) is 11.6 Å². The molecule has 0 unspecified atom stereocenters. The minimum atomic E-state index is -0.660. The first kappa shape index (κ1) is 19.6. The number of nitro benzene ring substituents is 1. The van der Waals surface area contributed by atoms with E-state index in [9.17, 15) is 19.7 Å². The molecule has 0 atom stereocenters. The number of piperidine rings is 1. The third-order valence-electron chi connectivity index (χ3n) is 4.45. The Hall–Kier alpha value is -3.13. The Kier molecular flexibility index (Phi) is 5.79. The molecule has 1 fully saturated rings. The monoisotopic (exact) mass is 403 g/mol. The molecule has 28 heavy (non-hydrogen) atoms. The van der Waals surface area contributed by atoms with E-state index in [-0.39, 0.29) is 22.2 Å². The van der Waals surface area contributed by atoms with E-state index in [0.717, 1.165) is 18.9 Å². The van der Waals surface area contributed by atoms with Crippen molar-refractivity contribution in [3.05, 3.63) is 57.1 Å². The number of hydrogen-bond acceptors (Lipinski definition) is 5. The molecule has 3 rings (SSSR count). The van der Waals surface area contributed by atoms with Gasteiger partial charge in [0.1, 0.15) is 11.3 Å². The second kappa shape index (κ2) is 8.26. The zero-order valence-electron chi connectivity index (χ0n) is 15.1. The van der Waals surface area contributed by atoms with Gasteiger partial charge in [0.15, 0.2) is 0 Å². The van der Waals surface area contributed by atoms with Crippen molar-refractivity contribution in [3.8, 4) is 5.75 Å². The van der Waals surface area contributed by atoms with Gasteiger partial charge in [-0.15, -0.1) is 0 Å². The minimum absolute atomic E-state index is 0.0126.